The largest absolute Gasteiger partial charge is 0.208 e. The van der Waals surface area contributed by atoms with E-state index in [0.29, 0.717) is 17.5 Å². The molecule has 0 amide bonds. The van der Waals surface area contributed by atoms with E-state index in [1.165, 1.54) is 73.7 Å². The monoisotopic (exact) mass is 749 g/mol. The first kappa shape index (κ1) is 32.6. The fourth-order valence-electron chi connectivity index (χ4n) is 7.79. The van der Waals surface area contributed by atoms with Gasteiger partial charge in [-0.2, -0.15) is 0 Å². The smallest absolute Gasteiger partial charge is 0.164 e. The Morgan fingerprint density at radius 3 is 1.50 bits per heavy atom. The van der Waals surface area contributed by atoms with Crippen LogP contribution in [0, 0.1) is 0 Å². The van der Waals surface area contributed by atoms with Gasteiger partial charge in [-0.25, -0.2) is 15.0 Å². The number of rotatable bonds is 6. The van der Waals surface area contributed by atoms with Gasteiger partial charge in [-0.3, -0.25) is 0 Å². The van der Waals surface area contributed by atoms with Gasteiger partial charge in [0.2, 0.25) is 0 Å². The van der Waals surface area contributed by atoms with E-state index in [1.54, 1.807) is 0 Å². The molecule has 0 aliphatic rings. The van der Waals surface area contributed by atoms with Crippen molar-refractivity contribution < 1.29 is 0 Å². The average Bonchev–Trinajstić information content (AvgIpc) is 3.85. The second kappa shape index (κ2) is 13.5. The predicted molar refractivity (Wildman–Crippen MR) is 238 cm³/mol. The summed E-state index contributed by atoms with van der Waals surface area (Å²) in [7, 11) is 0. The van der Waals surface area contributed by atoms with Gasteiger partial charge in [0, 0.05) is 57.0 Å². The number of aromatic nitrogens is 3. The number of hydrogen-bond acceptors (Lipinski definition) is 5. The molecule has 0 radical (unpaired) electrons. The van der Waals surface area contributed by atoms with Crippen LogP contribution in [0.5, 0.6) is 0 Å². The van der Waals surface area contributed by atoms with E-state index < -0.39 is 0 Å². The molecule has 0 saturated carbocycles. The Labute approximate surface area is 331 Å². The van der Waals surface area contributed by atoms with Crippen molar-refractivity contribution in [1.29, 1.82) is 0 Å². The van der Waals surface area contributed by atoms with E-state index in [2.05, 4.69) is 127 Å². The van der Waals surface area contributed by atoms with Crippen LogP contribution in [-0.4, -0.2) is 15.0 Å². The Kier molecular flexibility index (Phi) is 7.87. The lowest BCUT2D eigenvalue weighted by Crippen LogP contribution is -1.99. The summed E-state index contributed by atoms with van der Waals surface area (Å²) in [5.41, 5.74) is 10.3. The Bertz CT molecular complexity index is 3170. The maximum Gasteiger partial charge on any atom is 0.164 e. The molecular formula is C51H31N3S2. The number of hydrogen-bond donors (Lipinski definition) is 0. The van der Waals surface area contributed by atoms with Crippen LogP contribution >= 0.6 is 22.7 Å². The number of nitrogens with zero attached hydrogens (tertiary/aromatic N) is 3. The lowest BCUT2D eigenvalue weighted by molar-refractivity contribution is 1.07. The summed E-state index contributed by atoms with van der Waals surface area (Å²) in [5.74, 6) is 2.00. The van der Waals surface area contributed by atoms with E-state index in [-0.39, 0.29) is 0 Å². The standard InChI is InChI=1S/C51H31N3S2/c1-4-12-32(13-5-1)33-20-22-34(23-21-33)40-28-27-39(47-42-18-10-11-19-44(42)56-48(40)47)37-25-29-45-43(30-37)41-26-24-38(31-46(41)55-45)51-53-49(35-14-6-2-7-15-35)52-50(54-51)36-16-8-3-9-17-36/h1-31H. The van der Waals surface area contributed by atoms with Crippen molar-refractivity contribution in [3.63, 3.8) is 0 Å². The molecular weight excluding hydrogens is 719 g/mol. The zero-order valence-corrected chi connectivity index (χ0v) is 31.7. The molecule has 0 N–H and O–H groups in total. The minimum absolute atomic E-state index is 0.665. The molecule has 0 saturated heterocycles. The van der Waals surface area contributed by atoms with E-state index in [1.807, 2.05) is 83.3 Å². The molecule has 11 aromatic rings. The molecule has 5 heteroatoms. The van der Waals surface area contributed by atoms with Crippen LogP contribution in [0.15, 0.2) is 188 Å². The van der Waals surface area contributed by atoms with Gasteiger partial charge < -0.3 is 0 Å². The SMILES string of the molecule is c1ccc(-c2ccc(-c3ccc(-c4ccc5sc6cc(-c7nc(-c8ccccc8)nc(-c8ccccc8)n7)ccc6c5c4)c4c3sc3ccccc34)cc2)cc1. The molecule has 11 rings (SSSR count). The first-order chi connectivity index (χ1) is 27.7. The molecule has 8 aromatic carbocycles. The van der Waals surface area contributed by atoms with Gasteiger partial charge in [0.1, 0.15) is 0 Å². The molecule has 0 bridgehead atoms. The normalized spacial score (nSPS) is 11.6. The van der Waals surface area contributed by atoms with Gasteiger partial charge in [0.15, 0.2) is 17.5 Å². The van der Waals surface area contributed by atoms with Crippen molar-refractivity contribution in [2.45, 2.75) is 0 Å². The molecule has 56 heavy (non-hydrogen) atoms. The zero-order valence-electron chi connectivity index (χ0n) is 30.1. The summed E-state index contributed by atoms with van der Waals surface area (Å²) >= 11 is 3.70. The van der Waals surface area contributed by atoms with Gasteiger partial charge in [-0.1, -0.05) is 164 Å². The van der Waals surface area contributed by atoms with E-state index in [9.17, 15) is 0 Å². The van der Waals surface area contributed by atoms with Crippen molar-refractivity contribution >= 4 is 63.0 Å². The first-order valence-corrected chi connectivity index (χ1v) is 20.3. The van der Waals surface area contributed by atoms with Gasteiger partial charge in [-0.15, -0.1) is 22.7 Å². The Balaban J connectivity index is 1.02. The molecule has 262 valence electrons. The fraction of sp³-hybridized carbons (Fsp3) is 0. The molecule has 0 aliphatic carbocycles. The average molecular weight is 750 g/mol. The first-order valence-electron chi connectivity index (χ1n) is 18.7. The lowest BCUT2D eigenvalue weighted by Gasteiger charge is -2.11. The van der Waals surface area contributed by atoms with Crippen LogP contribution in [0.1, 0.15) is 0 Å². The van der Waals surface area contributed by atoms with Gasteiger partial charge in [0.05, 0.1) is 0 Å². The zero-order chi connectivity index (χ0) is 37.0. The number of fused-ring (bicyclic) bond motifs is 6. The molecule has 3 aromatic heterocycles. The van der Waals surface area contributed by atoms with Crippen LogP contribution in [0.4, 0.5) is 0 Å². The summed E-state index contributed by atoms with van der Waals surface area (Å²) in [4.78, 5) is 14.9. The molecule has 0 unspecified atom stereocenters. The minimum Gasteiger partial charge on any atom is -0.208 e. The van der Waals surface area contributed by atoms with Crippen molar-refractivity contribution in [1.82, 2.24) is 15.0 Å². The van der Waals surface area contributed by atoms with E-state index in [0.717, 1.165) is 16.7 Å². The number of benzene rings is 8. The highest BCUT2D eigenvalue weighted by Gasteiger charge is 2.18. The summed E-state index contributed by atoms with van der Waals surface area (Å²) < 4.78 is 5.08. The third-order valence-electron chi connectivity index (χ3n) is 10.6. The molecule has 3 heterocycles. The van der Waals surface area contributed by atoms with E-state index in [4.69, 9.17) is 15.0 Å². The quantitative estimate of drug-likeness (QED) is 0.170. The van der Waals surface area contributed by atoms with Crippen LogP contribution in [0.2, 0.25) is 0 Å². The summed E-state index contributed by atoms with van der Waals surface area (Å²) in [6.07, 6.45) is 0. The van der Waals surface area contributed by atoms with Gasteiger partial charge >= 0.3 is 0 Å². The molecule has 0 fully saturated rings. The van der Waals surface area contributed by atoms with Gasteiger partial charge in [0.25, 0.3) is 0 Å². The Morgan fingerprint density at radius 1 is 0.286 bits per heavy atom. The second-order valence-electron chi connectivity index (χ2n) is 14.0. The Hall–Kier alpha value is -6.79. The molecule has 3 nitrogen and oxygen atoms in total. The van der Waals surface area contributed by atoms with Crippen molar-refractivity contribution in [3.05, 3.63) is 188 Å². The van der Waals surface area contributed by atoms with Crippen molar-refractivity contribution in [3.8, 4) is 67.5 Å². The third-order valence-corrected chi connectivity index (χ3v) is 12.9. The van der Waals surface area contributed by atoms with Crippen LogP contribution in [0.25, 0.3) is 108 Å². The lowest BCUT2D eigenvalue weighted by atomic mass is 9.93. The van der Waals surface area contributed by atoms with Crippen LogP contribution in [0.3, 0.4) is 0 Å². The highest BCUT2D eigenvalue weighted by Crippen LogP contribution is 2.46. The van der Waals surface area contributed by atoms with Crippen LogP contribution < -0.4 is 0 Å². The molecule has 0 aliphatic heterocycles. The van der Waals surface area contributed by atoms with Gasteiger partial charge in [-0.05, 0) is 57.6 Å². The van der Waals surface area contributed by atoms with E-state index >= 15 is 0 Å². The maximum atomic E-state index is 4.99. The summed E-state index contributed by atoms with van der Waals surface area (Å²) in [6, 6.07) is 66.9. The van der Waals surface area contributed by atoms with Crippen LogP contribution in [-0.2, 0) is 0 Å². The van der Waals surface area contributed by atoms with Crippen molar-refractivity contribution in [2.24, 2.45) is 0 Å². The minimum atomic E-state index is 0.665. The molecule has 0 spiro atoms. The van der Waals surface area contributed by atoms with Crippen molar-refractivity contribution in [2.75, 3.05) is 0 Å². The summed E-state index contributed by atoms with van der Waals surface area (Å²) in [5, 5.41) is 5.10. The maximum absolute atomic E-state index is 4.99. The third kappa shape index (κ3) is 5.68. The Morgan fingerprint density at radius 2 is 0.804 bits per heavy atom. The highest BCUT2D eigenvalue weighted by atomic mass is 32.1. The number of thiophene rings is 2. The highest BCUT2D eigenvalue weighted by molar-refractivity contribution is 7.26. The second-order valence-corrected chi connectivity index (χ2v) is 16.1. The fourth-order valence-corrected chi connectivity index (χ4v) is 10.2. The predicted octanol–water partition coefficient (Wildman–Crippen LogP) is 14.6. The molecule has 0 atom stereocenters. The topological polar surface area (TPSA) is 38.7 Å². The summed E-state index contributed by atoms with van der Waals surface area (Å²) in [6.45, 7) is 0.